The van der Waals surface area contributed by atoms with Crippen molar-refractivity contribution in [2.75, 3.05) is 26.2 Å². The molecule has 1 aromatic carbocycles. The number of halogens is 2. The fourth-order valence-corrected chi connectivity index (χ4v) is 3.50. The standard InChI is InChI=1S/C16H24Cl2N2.C4H6O6/c1-12(2)9-20(10-13-5-6-19-8-13)11-14-7-15(17)3-4-16(14)18;5-1(3(7)8)2(6)4(9)10/h3-4,7,12-13,19H,5-6,8-11H2,1-2H3;1-2,5-6H,(H,7,8)(H,9,10)/t13-;1-,2-/m01/s1. The Kier molecular flexibility index (Phi) is 11.6. The summed E-state index contributed by atoms with van der Waals surface area (Å²) < 4.78 is 0. The van der Waals surface area contributed by atoms with Crippen LogP contribution in [0.1, 0.15) is 25.8 Å². The fourth-order valence-electron chi connectivity index (χ4n) is 3.13. The second kappa shape index (κ2) is 13.1. The van der Waals surface area contributed by atoms with E-state index in [2.05, 4.69) is 24.1 Å². The number of benzene rings is 1. The minimum atomic E-state index is -2.27. The van der Waals surface area contributed by atoms with Gasteiger partial charge in [-0.15, -0.1) is 0 Å². The van der Waals surface area contributed by atoms with Crippen LogP contribution in [-0.4, -0.2) is 75.7 Å². The first-order valence-corrected chi connectivity index (χ1v) is 10.5. The van der Waals surface area contributed by atoms with E-state index < -0.39 is 24.1 Å². The number of carboxylic acid groups (broad SMARTS) is 2. The third-order valence-corrected chi connectivity index (χ3v) is 5.11. The molecule has 1 aromatic rings. The SMILES string of the molecule is CC(C)CN(Cc1cc(Cl)ccc1Cl)C[C@H]1CCNC1.O=C(O)[C@H](O)[C@@H](O)C(=O)O. The monoisotopic (exact) mass is 464 g/mol. The normalized spacial score (nSPS) is 18.1. The Morgan fingerprint density at radius 1 is 1.17 bits per heavy atom. The zero-order chi connectivity index (χ0) is 22.8. The van der Waals surface area contributed by atoms with E-state index in [1.165, 1.54) is 6.42 Å². The molecule has 30 heavy (non-hydrogen) atoms. The topological polar surface area (TPSA) is 130 Å². The number of aliphatic hydroxyl groups is 2. The number of aliphatic carboxylic acids is 2. The summed E-state index contributed by atoms with van der Waals surface area (Å²) in [5.74, 6) is -2.13. The highest BCUT2D eigenvalue weighted by molar-refractivity contribution is 6.33. The van der Waals surface area contributed by atoms with Gasteiger partial charge >= 0.3 is 11.9 Å². The van der Waals surface area contributed by atoms with E-state index in [0.29, 0.717) is 5.92 Å². The van der Waals surface area contributed by atoms with E-state index in [0.717, 1.165) is 54.3 Å². The maximum atomic E-state index is 9.77. The molecule has 1 aliphatic rings. The molecule has 0 spiro atoms. The van der Waals surface area contributed by atoms with Crippen LogP contribution in [0, 0.1) is 11.8 Å². The van der Waals surface area contributed by atoms with Gasteiger partial charge in [-0.3, -0.25) is 4.90 Å². The second-order valence-electron chi connectivity index (χ2n) is 7.75. The number of hydrogen-bond acceptors (Lipinski definition) is 6. The summed E-state index contributed by atoms with van der Waals surface area (Å²) in [6.45, 7) is 9.93. The Hall–Kier alpha value is -1.42. The molecular weight excluding hydrogens is 435 g/mol. The average molecular weight is 465 g/mol. The molecule has 1 fully saturated rings. The van der Waals surface area contributed by atoms with Crippen molar-refractivity contribution in [3.05, 3.63) is 33.8 Å². The van der Waals surface area contributed by atoms with E-state index in [-0.39, 0.29) is 0 Å². The van der Waals surface area contributed by atoms with Gasteiger partial charge in [-0.05, 0) is 55.1 Å². The molecule has 0 amide bonds. The molecule has 8 nitrogen and oxygen atoms in total. The van der Waals surface area contributed by atoms with Crippen molar-refractivity contribution < 1.29 is 30.0 Å². The lowest BCUT2D eigenvalue weighted by molar-refractivity contribution is -0.165. The van der Waals surface area contributed by atoms with Gasteiger partial charge in [-0.25, -0.2) is 9.59 Å². The highest BCUT2D eigenvalue weighted by atomic mass is 35.5. The van der Waals surface area contributed by atoms with Crippen molar-refractivity contribution in [3.63, 3.8) is 0 Å². The number of carboxylic acids is 2. The molecule has 0 aromatic heterocycles. The highest BCUT2D eigenvalue weighted by Crippen LogP contribution is 2.23. The lowest BCUT2D eigenvalue weighted by atomic mass is 10.1. The number of rotatable bonds is 9. The summed E-state index contributed by atoms with van der Waals surface area (Å²) >= 11 is 12.4. The molecule has 0 radical (unpaired) electrons. The van der Waals surface area contributed by atoms with Crippen molar-refractivity contribution in [1.82, 2.24) is 10.2 Å². The van der Waals surface area contributed by atoms with Gasteiger partial charge < -0.3 is 25.7 Å². The zero-order valence-electron chi connectivity index (χ0n) is 17.1. The first kappa shape index (κ1) is 26.6. The minimum absolute atomic E-state index is 0.655. The summed E-state index contributed by atoms with van der Waals surface area (Å²) in [4.78, 5) is 22.1. The maximum absolute atomic E-state index is 9.77. The molecule has 1 saturated heterocycles. The lowest BCUT2D eigenvalue weighted by Gasteiger charge is -2.27. The van der Waals surface area contributed by atoms with Gasteiger partial charge in [0.05, 0.1) is 0 Å². The van der Waals surface area contributed by atoms with Crippen LogP contribution in [0.3, 0.4) is 0 Å². The summed E-state index contributed by atoms with van der Waals surface area (Å²) in [6, 6.07) is 5.73. The highest BCUT2D eigenvalue weighted by Gasteiger charge is 2.29. The predicted molar refractivity (Wildman–Crippen MR) is 115 cm³/mol. The van der Waals surface area contributed by atoms with E-state index in [9.17, 15) is 9.59 Å². The van der Waals surface area contributed by atoms with Crippen molar-refractivity contribution in [3.8, 4) is 0 Å². The van der Waals surface area contributed by atoms with Crippen LogP contribution in [-0.2, 0) is 16.1 Å². The van der Waals surface area contributed by atoms with E-state index in [1.54, 1.807) is 0 Å². The minimum Gasteiger partial charge on any atom is -0.479 e. The average Bonchev–Trinajstić information content (AvgIpc) is 3.16. The van der Waals surface area contributed by atoms with E-state index in [4.69, 9.17) is 43.6 Å². The molecule has 170 valence electrons. The zero-order valence-corrected chi connectivity index (χ0v) is 18.6. The molecule has 3 atom stereocenters. The third-order valence-electron chi connectivity index (χ3n) is 4.51. The largest absolute Gasteiger partial charge is 0.479 e. The van der Waals surface area contributed by atoms with Gasteiger partial charge in [0.2, 0.25) is 0 Å². The number of nitrogens with one attached hydrogen (secondary N) is 1. The molecule has 1 heterocycles. The first-order valence-electron chi connectivity index (χ1n) is 9.70. The molecule has 0 bridgehead atoms. The van der Waals surface area contributed by atoms with E-state index >= 15 is 0 Å². The van der Waals surface area contributed by atoms with Crippen LogP contribution >= 0.6 is 23.2 Å². The van der Waals surface area contributed by atoms with Crippen molar-refractivity contribution in [2.24, 2.45) is 11.8 Å². The van der Waals surface area contributed by atoms with Crippen molar-refractivity contribution in [1.29, 1.82) is 0 Å². The quantitative estimate of drug-likeness (QED) is 0.374. The molecule has 10 heteroatoms. The molecule has 2 rings (SSSR count). The van der Waals surface area contributed by atoms with Crippen LogP contribution in [0.4, 0.5) is 0 Å². The smallest absolute Gasteiger partial charge is 0.335 e. The van der Waals surface area contributed by atoms with Gasteiger partial charge in [-0.1, -0.05) is 37.0 Å². The Labute approximate surface area is 186 Å². The summed E-state index contributed by atoms with van der Waals surface area (Å²) in [5.41, 5.74) is 1.13. The van der Waals surface area contributed by atoms with Crippen LogP contribution in [0.5, 0.6) is 0 Å². The summed E-state index contributed by atoms with van der Waals surface area (Å²) in [6.07, 6.45) is -3.26. The second-order valence-corrected chi connectivity index (χ2v) is 8.59. The number of hydrogen-bond donors (Lipinski definition) is 5. The van der Waals surface area contributed by atoms with Crippen LogP contribution in [0.15, 0.2) is 18.2 Å². The fraction of sp³-hybridized carbons (Fsp3) is 0.600. The molecule has 5 N–H and O–H groups in total. The Morgan fingerprint density at radius 3 is 2.23 bits per heavy atom. The van der Waals surface area contributed by atoms with E-state index in [1.807, 2.05) is 18.2 Å². The summed E-state index contributed by atoms with van der Waals surface area (Å²) in [5, 5.41) is 37.5. The third kappa shape index (κ3) is 9.59. The summed E-state index contributed by atoms with van der Waals surface area (Å²) in [7, 11) is 0. The van der Waals surface area contributed by atoms with Crippen LogP contribution in [0.2, 0.25) is 10.0 Å². The number of aliphatic hydroxyl groups excluding tert-OH is 2. The number of carbonyl (C=O) groups is 2. The van der Waals surface area contributed by atoms with Gasteiger partial charge in [-0.2, -0.15) is 0 Å². The molecular formula is C20H30Cl2N2O6. The molecule has 1 aliphatic heterocycles. The Balaban J connectivity index is 0.000000382. The molecule has 0 aliphatic carbocycles. The first-order chi connectivity index (χ1) is 14.0. The predicted octanol–water partition coefficient (Wildman–Crippen LogP) is 1.94. The van der Waals surface area contributed by atoms with Crippen LogP contribution in [0.25, 0.3) is 0 Å². The van der Waals surface area contributed by atoms with Gasteiger partial charge in [0.1, 0.15) is 0 Å². The maximum Gasteiger partial charge on any atom is 0.335 e. The molecule has 0 saturated carbocycles. The Morgan fingerprint density at radius 2 is 1.77 bits per heavy atom. The Bertz CT molecular complexity index is 680. The number of nitrogens with zero attached hydrogens (tertiary/aromatic N) is 1. The van der Waals surface area contributed by atoms with Gasteiger partial charge in [0.15, 0.2) is 12.2 Å². The molecule has 0 unspecified atom stereocenters. The lowest BCUT2D eigenvalue weighted by Crippen LogP contribution is -2.39. The van der Waals surface area contributed by atoms with Gasteiger partial charge in [0.25, 0.3) is 0 Å². The van der Waals surface area contributed by atoms with Crippen LogP contribution < -0.4 is 5.32 Å². The van der Waals surface area contributed by atoms with Crippen molar-refractivity contribution in [2.45, 2.75) is 39.0 Å². The van der Waals surface area contributed by atoms with Crippen molar-refractivity contribution >= 4 is 35.1 Å². The van der Waals surface area contributed by atoms with Gasteiger partial charge in [0, 0.05) is 29.7 Å².